The highest BCUT2D eigenvalue weighted by Crippen LogP contribution is 2.41. The second-order valence-corrected chi connectivity index (χ2v) is 5.52. The minimum Gasteiger partial charge on any atom is -0.382 e. The fourth-order valence-electron chi connectivity index (χ4n) is 2.67. The monoisotopic (exact) mass is 270 g/mol. The van der Waals surface area contributed by atoms with E-state index in [-0.39, 0.29) is 30.4 Å². The van der Waals surface area contributed by atoms with Crippen molar-refractivity contribution in [2.75, 3.05) is 33.9 Å². The molecule has 6 heteroatoms. The average molecular weight is 270 g/mol. The Balaban J connectivity index is 2.06. The molecule has 0 bridgehead atoms. The molecular formula is C13H22N2O4. The van der Waals surface area contributed by atoms with Gasteiger partial charge in [-0.15, -0.1) is 0 Å². The van der Waals surface area contributed by atoms with E-state index in [9.17, 15) is 9.59 Å². The number of hydrogen-bond donors (Lipinski definition) is 1. The highest BCUT2D eigenvalue weighted by atomic mass is 16.5. The molecule has 0 aromatic heterocycles. The van der Waals surface area contributed by atoms with Gasteiger partial charge in [0.2, 0.25) is 11.8 Å². The van der Waals surface area contributed by atoms with E-state index in [1.165, 1.54) is 0 Å². The summed E-state index contributed by atoms with van der Waals surface area (Å²) in [4.78, 5) is 25.9. The van der Waals surface area contributed by atoms with Gasteiger partial charge < -0.3 is 19.7 Å². The minimum absolute atomic E-state index is 0.00671. The molecule has 1 aliphatic heterocycles. The molecule has 0 radical (unpaired) electrons. The van der Waals surface area contributed by atoms with Gasteiger partial charge in [-0.1, -0.05) is 0 Å². The molecular weight excluding hydrogens is 248 g/mol. The molecule has 1 saturated heterocycles. The SMILES string of the molecule is COCC(CN1CC(=O)NC(C)(C2CC2)C1=O)OC. The van der Waals surface area contributed by atoms with E-state index in [2.05, 4.69) is 5.32 Å². The highest BCUT2D eigenvalue weighted by molar-refractivity contribution is 5.98. The van der Waals surface area contributed by atoms with Crippen LogP contribution in [0.1, 0.15) is 19.8 Å². The zero-order valence-corrected chi connectivity index (χ0v) is 11.8. The maximum Gasteiger partial charge on any atom is 0.248 e. The largest absolute Gasteiger partial charge is 0.382 e. The Hall–Kier alpha value is -1.14. The standard InChI is InChI=1S/C13H22N2O4/c1-13(9-4-5-9)12(17)15(7-11(16)14-13)6-10(19-3)8-18-2/h9-10H,4-8H2,1-3H3,(H,14,16). The first-order valence-corrected chi connectivity index (χ1v) is 6.63. The Morgan fingerprint density at radius 3 is 2.63 bits per heavy atom. The number of piperazine rings is 1. The van der Waals surface area contributed by atoms with E-state index in [1.54, 1.807) is 19.1 Å². The molecule has 2 amide bonds. The van der Waals surface area contributed by atoms with Crippen LogP contribution >= 0.6 is 0 Å². The second kappa shape index (κ2) is 5.46. The lowest BCUT2D eigenvalue weighted by molar-refractivity contribution is -0.152. The summed E-state index contributed by atoms with van der Waals surface area (Å²) in [6.07, 6.45) is 1.80. The van der Waals surface area contributed by atoms with E-state index in [4.69, 9.17) is 9.47 Å². The lowest BCUT2D eigenvalue weighted by Crippen LogP contribution is -2.67. The second-order valence-electron chi connectivity index (χ2n) is 5.52. The van der Waals surface area contributed by atoms with Gasteiger partial charge in [-0.25, -0.2) is 0 Å². The van der Waals surface area contributed by atoms with Crippen LogP contribution in [0.5, 0.6) is 0 Å². The molecule has 0 aromatic carbocycles. The predicted molar refractivity (Wildman–Crippen MR) is 68.5 cm³/mol. The maximum atomic E-state index is 12.5. The van der Waals surface area contributed by atoms with E-state index in [0.717, 1.165) is 12.8 Å². The van der Waals surface area contributed by atoms with Crippen LogP contribution in [0.4, 0.5) is 0 Å². The molecule has 2 rings (SSSR count). The number of nitrogens with one attached hydrogen (secondary N) is 1. The Morgan fingerprint density at radius 2 is 2.11 bits per heavy atom. The number of methoxy groups -OCH3 is 2. The van der Waals surface area contributed by atoms with E-state index in [1.807, 2.05) is 6.92 Å². The Morgan fingerprint density at radius 1 is 1.42 bits per heavy atom. The van der Waals surface area contributed by atoms with E-state index in [0.29, 0.717) is 13.2 Å². The molecule has 1 heterocycles. The molecule has 0 aromatic rings. The van der Waals surface area contributed by atoms with E-state index >= 15 is 0 Å². The summed E-state index contributed by atoms with van der Waals surface area (Å²) in [5, 5.41) is 2.86. The van der Waals surface area contributed by atoms with Gasteiger partial charge in [0.1, 0.15) is 5.54 Å². The summed E-state index contributed by atoms with van der Waals surface area (Å²) in [6.45, 7) is 2.72. The van der Waals surface area contributed by atoms with Gasteiger partial charge in [0.25, 0.3) is 0 Å². The van der Waals surface area contributed by atoms with Crippen molar-refractivity contribution in [3.8, 4) is 0 Å². The Kier molecular flexibility index (Phi) is 4.10. The lowest BCUT2D eigenvalue weighted by Gasteiger charge is -2.41. The number of rotatable bonds is 6. The molecule has 6 nitrogen and oxygen atoms in total. The number of amides is 2. The highest BCUT2D eigenvalue weighted by Gasteiger charge is 2.52. The van der Waals surface area contributed by atoms with Crippen molar-refractivity contribution in [3.05, 3.63) is 0 Å². The zero-order chi connectivity index (χ0) is 14.0. The van der Waals surface area contributed by atoms with Crippen molar-refractivity contribution in [2.45, 2.75) is 31.4 Å². The maximum absolute atomic E-state index is 12.5. The Labute approximate surface area is 113 Å². The summed E-state index contributed by atoms with van der Waals surface area (Å²) < 4.78 is 10.3. The summed E-state index contributed by atoms with van der Waals surface area (Å²) in [6, 6.07) is 0. The molecule has 1 saturated carbocycles. The third-order valence-corrected chi connectivity index (χ3v) is 3.97. The summed E-state index contributed by atoms with van der Waals surface area (Å²) in [7, 11) is 3.17. The van der Waals surface area contributed by atoms with E-state index < -0.39 is 5.54 Å². The first-order valence-electron chi connectivity index (χ1n) is 6.63. The van der Waals surface area contributed by atoms with Gasteiger partial charge in [-0.2, -0.15) is 0 Å². The smallest absolute Gasteiger partial charge is 0.248 e. The topological polar surface area (TPSA) is 67.9 Å². The fraction of sp³-hybridized carbons (Fsp3) is 0.846. The normalized spacial score (nSPS) is 29.3. The average Bonchev–Trinajstić information content (AvgIpc) is 3.19. The molecule has 2 fully saturated rings. The number of carbonyl (C=O) groups is 2. The van der Waals surface area contributed by atoms with Crippen LogP contribution in [-0.2, 0) is 19.1 Å². The molecule has 1 N–H and O–H groups in total. The van der Waals surface area contributed by atoms with Crippen molar-refractivity contribution in [1.82, 2.24) is 10.2 Å². The zero-order valence-electron chi connectivity index (χ0n) is 11.8. The van der Waals surface area contributed by atoms with Crippen molar-refractivity contribution >= 4 is 11.8 Å². The quantitative estimate of drug-likeness (QED) is 0.724. The van der Waals surface area contributed by atoms with Gasteiger partial charge in [-0.05, 0) is 25.7 Å². The summed E-state index contributed by atoms with van der Waals surface area (Å²) in [5.74, 6) is 0.171. The number of carbonyl (C=O) groups excluding carboxylic acids is 2. The molecule has 19 heavy (non-hydrogen) atoms. The van der Waals surface area contributed by atoms with Crippen LogP contribution in [0.15, 0.2) is 0 Å². The van der Waals surface area contributed by atoms with Crippen LogP contribution in [0, 0.1) is 5.92 Å². The third-order valence-electron chi connectivity index (χ3n) is 3.97. The first kappa shape index (κ1) is 14.3. The molecule has 0 spiro atoms. The van der Waals surface area contributed by atoms with Crippen molar-refractivity contribution < 1.29 is 19.1 Å². The predicted octanol–water partition coefficient (Wildman–Crippen LogP) is -0.225. The van der Waals surface area contributed by atoms with Crippen LogP contribution in [0.25, 0.3) is 0 Å². The van der Waals surface area contributed by atoms with Gasteiger partial charge in [-0.3, -0.25) is 9.59 Å². The molecule has 108 valence electrons. The van der Waals surface area contributed by atoms with Crippen molar-refractivity contribution in [2.24, 2.45) is 5.92 Å². The summed E-state index contributed by atoms with van der Waals surface area (Å²) in [5.41, 5.74) is -0.735. The molecule has 2 aliphatic rings. The van der Waals surface area contributed by atoms with Crippen molar-refractivity contribution in [3.63, 3.8) is 0 Å². The number of nitrogens with zero attached hydrogens (tertiary/aromatic N) is 1. The summed E-state index contributed by atoms with van der Waals surface area (Å²) >= 11 is 0. The number of ether oxygens (including phenoxy) is 2. The Bertz CT molecular complexity index is 370. The van der Waals surface area contributed by atoms with Crippen LogP contribution < -0.4 is 5.32 Å². The minimum atomic E-state index is -0.735. The van der Waals surface area contributed by atoms with Crippen LogP contribution in [-0.4, -0.2) is 62.3 Å². The van der Waals surface area contributed by atoms with Crippen LogP contribution in [0.3, 0.4) is 0 Å². The van der Waals surface area contributed by atoms with Gasteiger partial charge in [0, 0.05) is 20.8 Å². The van der Waals surface area contributed by atoms with Gasteiger partial charge in [0.05, 0.1) is 19.3 Å². The molecule has 1 aliphatic carbocycles. The third kappa shape index (κ3) is 2.90. The molecule has 2 atom stereocenters. The molecule has 2 unspecified atom stereocenters. The van der Waals surface area contributed by atoms with Crippen molar-refractivity contribution in [1.29, 1.82) is 0 Å². The van der Waals surface area contributed by atoms with Gasteiger partial charge >= 0.3 is 0 Å². The number of hydrogen-bond acceptors (Lipinski definition) is 4. The van der Waals surface area contributed by atoms with Crippen LogP contribution in [0.2, 0.25) is 0 Å². The first-order chi connectivity index (χ1) is 9.01. The lowest BCUT2D eigenvalue weighted by atomic mass is 9.91. The van der Waals surface area contributed by atoms with Gasteiger partial charge in [0.15, 0.2) is 0 Å². The fourth-order valence-corrected chi connectivity index (χ4v) is 2.67.